The van der Waals surface area contributed by atoms with E-state index in [1.54, 1.807) is 6.42 Å². The van der Waals surface area contributed by atoms with E-state index < -0.39 is 12.2 Å². The molecule has 1 rings (SSSR count). The van der Waals surface area contributed by atoms with Crippen LogP contribution in [-0.4, -0.2) is 28.5 Å². The van der Waals surface area contributed by atoms with Crippen molar-refractivity contribution < 1.29 is 10.2 Å². The van der Waals surface area contributed by atoms with Crippen LogP contribution in [0.5, 0.6) is 0 Å². The Morgan fingerprint density at radius 2 is 2.10 bits per heavy atom. The quantitative estimate of drug-likeness (QED) is 0.420. The Labute approximate surface area is 60.9 Å². The first kappa shape index (κ1) is 7.98. The molecule has 0 aromatic rings. The van der Waals surface area contributed by atoms with Crippen LogP contribution in [0.4, 0.5) is 0 Å². The summed E-state index contributed by atoms with van der Waals surface area (Å²) in [6.07, 6.45) is 0.988. The fraction of sp³-hybridized carbons (Fsp3) is 0.857. The van der Waals surface area contributed by atoms with E-state index in [0.717, 1.165) is 6.42 Å². The molecule has 4 N–H and O–H groups in total. The van der Waals surface area contributed by atoms with Crippen molar-refractivity contribution >= 4 is 0 Å². The fourth-order valence-corrected chi connectivity index (χ4v) is 1.35. The summed E-state index contributed by atoms with van der Waals surface area (Å²) >= 11 is 0. The maximum atomic E-state index is 9.16. The average Bonchev–Trinajstić information content (AvgIpc) is 1.82. The van der Waals surface area contributed by atoms with E-state index in [0.29, 0.717) is 5.92 Å². The first-order valence-electron chi connectivity index (χ1n) is 3.58. The van der Waals surface area contributed by atoms with Crippen molar-refractivity contribution in [1.29, 1.82) is 0 Å². The van der Waals surface area contributed by atoms with Gasteiger partial charge in [-0.15, -0.1) is 0 Å². The van der Waals surface area contributed by atoms with Crippen LogP contribution in [0.25, 0.3) is 0 Å². The van der Waals surface area contributed by atoms with E-state index in [-0.39, 0.29) is 6.04 Å². The Bertz CT molecular complexity index is 106. The van der Waals surface area contributed by atoms with E-state index in [9.17, 15) is 0 Å². The van der Waals surface area contributed by atoms with E-state index in [1.165, 1.54) is 0 Å². The smallest absolute Gasteiger partial charge is 0.0952 e. The molecule has 1 radical (unpaired) electrons. The van der Waals surface area contributed by atoms with Gasteiger partial charge in [0.2, 0.25) is 0 Å². The first-order chi connectivity index (χ1) is 4.61. The Morgan fingerprint density at radius 3 is 2.60 bits per heavy atom. The van der Waals surface area contributed by atoms with Crippen LogP contribution in [0.1, 0.15) is 13.3 Å². The SMILES string of the molecule is CC1[CH]C(O)C(O)C(N)C1. The van der Waals surface area contributed by atoms with Gasteiger partial charge in [-0.2, -0.15) is 0 Å². The second-order valence-corrected chi connectivity index (χ2v) is 3.05. The van der Waals surface area contributed by atoms with Gasteiger partial charge in [-0.3, -0.25) is 0 Å². The van der Waals surface area contributed by atoms with Gasteiger partial charge in [-0.25, -0.2) is 0 Å². The second-order valence-electron chi connectivity index (χ2n) is 3.05. The number of aliphatic hydroxyl groups is 2. The minimum Gasteiger partial charge on any atom is -0.390 e. The molecule has 3 heteroatoms. The lowest BCUT2D eigenvalue weighted by Gasteiger charge is -2.32. The largest absolute Gasteiger partial charge is 0.390 e. The van der Waals surface area contributed by atoms with Crippen LogP contribution in [-0.2, 0) is 0 Å². The van der Waals surface area contributed by atoms with Gasteiger partial charge in [-0.1, -0.05) is 6.92 Å². The van der Waals surface area contributed by atoms with Gasteiger partial charge in [0.25, 0.3) is 0 Å². The van der Waals surface area contributed by atoms with Crippen LogP contribution in [0.3, 0.4) is 0 Å². The zero-order valence-electron chi connectivity index (χ0n) is 6.07. The third-order valence-corrected chi connectivity index (χ3v) is 1.96. The van der Waals surface area contributed by atoms with E-state index >= 15 is 0 Å². The molecule has 0 bridgehead atoms. The molecular weight excluding hydrogens is 130 g/mol. The standard InChI is InChI=1S/C7H14NO2/c1-4-2-5(8)7(10)6(9)3-4/h3-7,9-10H,2,8H2,1H3. The monoisotopic (exact) mass is 144 g/mol. The highest BCUT2D eigenvalue weighted by atomic mass is 16.3. The van der Waals surface area contributed by atoms with Crippen molar-refractivity contribution in [3.8, 4) is 0 Å². The minimum absolute atomic E-state index is 0.269. The lowest BCUT2D eigenvalue weighted by atomic mass is 9.83. The molecule has 0 spiro atoms. The summed E-state index contributed by atoms with van der Waals surface area (Å²) in [6.45, 7) is 1.98. The molecule has 0 heterocycles. The lowest BCUT2D eigenvalue weighted by Crippen LogP contribution is -2.48. The summed E-state index contributed by atoms with van der Waals surface area (Å²) in [4.78, 5) is 0. The number of aliphatic hydroxyl groups excluding tert-OH is 2. The Balaban J connectivity index is 2.49. The van der Waals surface area contributed by atoms with E-state index in [2.05, 4.69) is 0 Å². The van der Waals surface area contributed by atoms with Crippen LogP contribution >= 0.6 is 0 Å². The zero-order chi connectivity index (χ0) is 7.72. The molecule has 10 heavy (non-hydrogen) atoms. The van der Waals surface area contributed by atoms with Gasteiger partial charge >= 0.3 is 0 Å². The fourth-order valence-electron chi connectivity index (χ4n) is 1.35. The van der Waals surface area contributed by atoms with Gasteiger partial charge < -0.3 is 15.9 Å². The lowest BCUT2D eigenvalue weighted by molar-refractivity contribution is -0.00403. The van der Waals surface area contributed by atoms with Crippen LogP contribution in [0, 0.1) is 12.3 Å². The van der Waals surface area contributed by atoms with Crippen molar-refractivity contribution in [3.63, 3.8) is 0 Å². The summed E-state index contributed by atoms with van der Waals surface area (Å²) < 4.78 is 0. The highest BCUT2D eigenvalue weighted by molar-refractivity contribution is 4.97. The second kappa shape index (κ2) is 2.86. The van der Waals surface area contributed by atoms with Crippen molar-refractivity contribution in [2.45, 2.75) is 31.6 Å². The summed E-state index contributed by atoms with van der Waals surface area (Å²) in [5.41, 5.74) is 5.53. The summed E-state index contributed by atoms with van der Waals surface area (Å²) in [7, 11) is 0. The topological polar surface area (TPSA) is 66.5 Å². The number of hydrogen-bond acceptors (Lipinski definition) is 3. The Morgan fingerprint density at radius 1 is 1.50 bits per heavy atom. The molecule has 0 aromatic heterocycles. The molecule has 1 saturated carbocycles. The van der Waals surface area contributed by atoms with Gasteiger partial charge in [0.05, 0.1) is 12.2 Å². The normalized spacial score (nSPS) is 49.2. The van der Waals surface area contributed by atoms with E-state index in [1.807, 2.05) is 6.92 Å². The molecule has 0 amide bonds. The molecular formula is C7H14NO2. The van der Waals surface area contributed by atoms with Crippen LogP contribution < -0.4 is 5.73 Å². The highest BCUT2D eigenvalue weighted by Crippen LogP contribution is 2.22. The molecule has 1 fully saturated rings. The molecule has 1 aliphatic carbocycles. The summed E-state index contributed by atoms with van der Waals surface area (Å²) in [6, 6.07) is -0.269. The molecule has 4 unspecified atom stereocenters. The van der Waals surface area contributed by atoms with Crippen LogP contribution in [0.2, 0.25) is 0 Å². The maximum Gasteiger partial charge on any atom is 0.0952 e. The predicted molar refractivity (Wildman–Crippen MR) is 38.1 cm³/mol. The van der Waals surface area contributed by atoms with Gasteiger partial charge in [0, 0.05) is 6.04 Å². The van der Waals surface area contributed by atoms with Crippen LogP contribution in [0.15, 0.2) is 0 Å². The predicted octanol–water partition coefficient (Wildman–Crippen LogP) is -0.720. The zero-order valence-corrected chi connectivity index (χ0v) is 6.07. The minimum atomic E-state index is -0.767. The van der Waals surface area contributed by atoms with E-state index in [4.69, 9.17) is 15.9 Å². The molecule has 0 aromatic carbocycles. The Kier molecular flexibility index (Phi) is 2.28. The molecule has 1 aliphatic rings. The van der Waals surface area contributed by atoms with Crippen molar-refractivity contribution in [2.75, 3.05) is 0 Å². The molecule has 59 valence electrons. The number of hydrogen-bond donors (Lipinski definition) is 3. The highest BCUT2D eigenvalue weighted by Gasteiger charge is 2.31. The third kappa shape index (κ3) is 1.48. The first-order valence-corrected chi connectivity index (χ1v) is 3.58. The van der Waals surface area contributed by atoms with Crippen molar-refractivity contribution in [1.82, 2.24) is 0 Å². The Hall–Kier alpha value is -0.120. The number of nitrogens with two attached hydrogens (primary N) is 1. The molecule has 3 nitrogen and oxygen atoms in total. The third-order valence-electron chi connectivity index (χ3n) is 1.96. The number of rotatable bonds is 0. The van der Waals surface area contributed by atoms with Crippen molar-refractivity contribution in [3.05, 3.63) is 6.42 Å². The molecule has 0 saturated heterocycles. The average molecular weight is 144 g/mol. The summed E-state index contributed by atoms with van der Waals surface area (Å²) in [5, 5.41) is 18.3. The van der Waals surface area contributed by atoms with Crippen molar-refractivity contribution in [2.24, 2.45) is 11.7 Å². The maximum absolute atomic E-state index is 9.16. The van der Waals surface area contributed by atoms with Gasteiger partial charge in [0.15, 0.2) is 0 Å². The van der Waals surface area contributed by atoms with Gasteiger partial charge in [-0.05, 0) is 18.8 Å². The molecule has 4 atom stereocenters. The molecule has 0 aliphatic heterocycles. The van der Waals surface area contributed by atoms with Gasteiger partial charge in [0.1, 0.15) is 0 Å². The summed E-state index contributed by atoms with van der Waals surface area (Å²) in [5.74, 6) is 0.313.